The van der Waals surface area contributed by atoms with Gasteiger partial charge in [0, 0.05) is 11.4 Å². The Morgan fingerprint density at radius 2 is 2.05 bits per heavy atom. The largest absolute Gasteiger partial charge is 0.497 e. The van der Waals surface area contributed by atoms with E-state index in [0.717, 1.165) is 28.3 Å². The Bertz CT molecular complexity index is 624. The van der Waals surface area contributed by atoms with Gasteiger partial charge in [-0.05, 0) is 48.4 Å². The van der Waals surface area contributed by atoms with E-state index in [1.54, 1.807) is 19.2 Å². The standard InChI is InChI=1S/C16H18N2O2/c1-11-8-13(6-7-15(11)17)18-16(19)10-12-4-3-5-14(9-12)20-2/h3-9H,10,17H2,1-2H3,(H,18,19). The Hall–Kier alpha value is -2.49. The number of amides is 1. The normalized spacial score (nSPS) is 10.1. The second-order valence-corrected chi connectivity index (χ2v) is 4.65. The van der Waals surface area contributed by atoms with Gasteiger partial charge in [0.15, 0.2) is 0 Å². The highest BCUT2D eigenvalue weighted by molar-refractivity contribution is 5.92. The van der Waals surface area contributed by atoms with Crippen molar-refractivity contribution in [1.29, 1.82) is 0 Å². The van der Waals surface area contributed by atoms with Crippen molar-refractivity contribution < 1.29 is 9.53 Å². The Labute approximate surface area is 118 Å². The summed E-state index contributed by atoms with van der Waals surface area (Å²) in [6.07, 6.45) is 0.306. The van der Waals surface area contributed by atoms with Gasteiger partial charge in [-0.3, -0.25) is 4.79 Å². The van der Waals surface area contributed by atoms with E-state index in [2.05, 4.69) is 5.32 Å². The molecule has 20 heavy (non-hydrogen) atoms. The Balaban J connectivity index is 2.03. The van der Waals surface area contributed by atoms with Gasteiger partial charge in [0.1, 0.15) is 5.75 Å². The summed E-state index contributed by atoms with van der Waals surface area (Å²) in [5.41, 5.74) is 9.08. The molecule has 0 unspecified atom stereocenters. The molecule has 4 heteroatoms. The monoisotopic (exact) mass is 270 g/mol. The minimum absolute atomic E-state index is 0.0672. The number of nitrogens with one attached hydrogen (secondary N) is 1. The molecule has 0 atom stereocenters. The molecule has 3 N–H and O–H groups in total. The molecule has 0 aliphatic heterocycles. The van der Waals surface area contributed by atoms with Crippen LogP contribution in [0.2, 0.25) is 0 Å². The summed E-state index contributed by atoms with van der Waals surface area (Å²) in [6, 6.07) is 12.9. The van der Waals surface area contributed by atoms with Gasteiger partial charge in [0.05, 0.1) is 13.5 Å². The van der Waals surface area contributed by atoms with Crippen molar-refractivity contribution >= 4 is 17.3 Å². The van der Waals surface area contributed by atoms with Crippen LogP contribution in [0.5, 0.6) is 5.75 Å². The van der Waals surface area contributed by atoms with Crippen LogP contribution in [0.15, 0.2) is 42.5 Å². The Morgan fingerprint density at radius 3 is 2.75 bits per heavy atom. The average Bonchev–Trinajstić information content (AvgIpc) is 2.43. The lowest BCUT2D eigenvalue weighted by molar-refractivity contribution is -0.115. The van der Waals surface area contributed by atoms with Crippen LogP contribution in [0.1, 0.15) is 11.1 Å². The molecule has 0 saturated heterocycles. The quantitative estimate of drug-likeness (QED) is 0.840. The van der Waals surface area contributed by atoms with E-state index in [1.807, 2.05) is 37.3 Å². The van der Waals surface area contributed by atoms with Crippen LogP contribution in [0.3, 0.4) is 0 Å². The Kier molecular flexibility index (Phi) is 4.25. The first-order valence-corrected chi connectivity index (χ1v) is 6.37. The zero-order valence-corrected chi connectivity index (χ0v) is 11.6. The fourth-order valence-corrected chi connectivity index (χ4v) is 1.93. The van der Waals surface area contributed by atoms with E-state index >= 15 is 0 Å². The number of methoxy groups -OCH3 is 1. The van der Waals surface area contributed by atoms with Gasteiger partial charge in [-0.2, -0.15) is 0 Å². The van der Waals surface area contributed by atoms with Crippen molar-refractivity contribution in [3.05, 3.63) is 53.6 Å². The van der Waals surface area contributed by atoms with Gasteiger partial charge in [-0.15, -0.1) is 0 Å². The molecule has 0 bridgehead atoms. The summed E-state index contributed by atoms with van der Waals surface area (Å²) in [5, 5.41) is 2.86. The first kappa shape index (κ1) is 13.9. The summed E-state index contributed by atoms with van der Waals surface area (Å²) in [5.74, 6) is 0.682. The van der Waals surface area contributed by atoms with Crippen LogP contribution in [-0.2, 0) is 11.2 Å². The van der Waals surface area contributed by atoms with Gasteiger partial charge in [-0.1, -0.05) is 12.1 Å². The molecule has 104 valence electrons. The number of aryl methyl sites for hydroxylation is 1. The summed E-state index contributed by atoms with van der Waals surface area (Å²) >= 11 is 0. The maximum Gasteiger partial charge on any atom is 0.228 e. The second kappa shape index (κ2) is 6.10. The number of hydrogen-bond donors (Lipinski definition) is 2. The molecule has 1 amide bonds. The summed E-state index contributed by atoms with van der Waals surface area (Å²) in [7, 11) is 1.61. The molecule has 0 aromatic heterocycles. The molecule has 0 fully saturated rings. The molecule has 2 aromatic rings. The van der Waals surface area contributed by atoms with Crippen LogP contribution in [0, 0.1) is 6.92 Å². The second-order valence-electron chi connectivity index (χ2n) is 4.65. The molecule has 0 saturated carbocycles. The minimum atomic E-state index is -0.0672. The lowest BCUT2D eigenvalue weighted by Crippen LogP contribution is -2.14. The molecule has 0 spiro atoms. The first-order chi connectivity index (χ1) is 9.58. The van der Waals surface area contributed by atoms with E-state index in [0.29, 0.717) is 6.42 Å². The van der Waals surface area contributed by atoms with E-state index in [1.165, 1.54) is 0 Å². The number of nitrogens with two attached hydrogens (primary N) is 1. The highest BCUT2D eigenvalue weighted by atomic mass is 16.5. The predicted molar refractivity (Wildman–Crippen MR) is 80.9 cm³/mol. The lowest BCUT2D eigenvalue weighted by atomic mass is 10.1. The van der Waals surface area contributed by atoms with Crippen molar-refractivity contribution in [3.63, 3.8) is 0 Å². The van der Waals surface area contributed by atoms with Gasteiger partial charge >= 0.3 is 0 Å². The maximum atomic E-state index is 12.0. The van der Waals surface area contributed by atoms with Gasteiger partial charge in [0.25, 0.3) is 0 Å². The molecule has 2 aromatic carbocycles. The zero-order valence-electron chi connectivity index (χ0n) is 11.6. The third-order valence-electron chi connectivity index (χ3n) is 3.05. The number of ether oxygens (including phenoxy) is 1. The molecule has 0 radical (unpaired) electrons. The lowest BCUT2D eigenvalue weighted by Gasteiger charge is -2.08. The van der Waals surface area contributed by atoms with Crippen LogP contribution < -0.4 is 15.8 Å². The fraction of sp³-hybridized carbons (Fsp3) is 0.188. The number of benzene rings is 2. The van der Waals surface area contributed by atoms with Gasteiger partial charge < -0.3 is 15.8 Å². The van der Waals surface area contributed by atoms with Crippen molar-refractivity contribution in [1.82, 2.24) is 0 Å². The van der Waals surface area contributed by atoms with Crippen molar-refractivity contribution in [2.24, 2.45) is 0 Å². The molecule has 0 heterocycles. The third-order valence-corrected chi connectivity index (χ3v) is 3.05. The van der Waals surface area contributed by atoms with Crippen molar-refractivity contribution in [2.45, 2.75) is 13.3 Å². The van der Waals surface area contributed by atoms with Crippen molar-refractivity contribution in [2.75, 3.05) is 18.2 Å². The molecular weight excluding hydrogens is 252 g/mol. The van der Waals surface area contributed by atoms with E-state index in [-0.39, 0.29) is 5.91 Å². The topological polar surface area (TPSA) is 64.3 Å². The number of anilines is 2. The van der Waals surface area contributed by atoms with Crippen LogP contribution in [0.4, 0.5) is 11.4 Å². The number of hydrogen-bond acceptors (Lipinski definition) is 3. The predicted octanol–water partition coefficient (Wildman–Crippen LogP) is 2.77. The van der Waals surface area contributed by atoms with Crippen molar-refractivity contribution in [3.8, 4) is 5.75 Å². The molecule has 4 nitrogen and oxygen atoms in total. The minimum Gasteiger partial charge on any atom is -0.497 e. The van der Waals surface area contributed by atoms with Crippen LogP contribution in [0.25, 0.3) is 0 Å². The summed E-state index contributed by atoms with van der Waals surface area (Å²) in [4.78, 5) is 12.0. The smallest absolute Gasteiger partial charge is 0.228 e. The number of carbonyl (C=O) groups is 1. The molecule has 0 aliphatic carbocycles. The maximum absolute atomic E-state index is 12.0. The summed E-state index contributed by atoms with van der Waals surface area (Å²) in [6.45, 7) is 1.91. The first-order valence-electron chi connectivity index (χ1n) is 6.37. The molecule has 2 rings (SSSR count). The number of carbonyl (C=O) groups excluding carboxylic acids is 1. The van der Waals surface area contributed by atoms with Crippen LogP contribution in [-0.4, -0.2) is 13.0 Å². The van der Waals surface area contributed by atoms with Gasteiger partial charge in [0.2, 0.25) is 5.91 Å². The highest BCUT2D eigenvalue weighted by Gasteiger charge is 2.06. The van der Waals surface area contributed by atoms with Gasteiger partial charge in [-0.25, -0.2) is 0 Å². The SMILES string of the molecule is COc1cccc(CC(=O)Nc2ccc(N)c(C)c2)c1. The van der Waals surface area contributed by atoms with E-state index < -0.39 is 0 Å². The number of nitrogen functional groups attached to an aromatic ring is 1. The Morgan fingerprint density at radius 1 is 1.25 bits per heavy atom. The summed E-state index contributed by atoms with van der Waals surface area (Å²) < 4.78 is 5.14. The molecule has 0 aliphatic rings. The van der Waals surface area contributed by atoms with Crippen LogP contribution >= 0.6 is 0 Å². The van der Waals surface area contributed by atoms with E-state index in [9.17, 15) is 4.79 Å². The fourth-order valence-electron chi connectivity index (χ4n) is 1.93. The molecular formula is C16H18N2O2. The zero-order chi connectivity index (χ0) is 14.5. The highest BCUT2D eigenvalue weighted by Crippen LogP contribution is 2.17. The van der Waals surface area contributed by atoms with E-state index in [4.69, 9.17) is 10.5 Å². The number of rotatable bonds is 4. The average molecular weight is 270 g/mol. The third kappa shape index (κ3) is 3.51.